The first kappa shape index (κ1) is 19.0. The Kier molecular flexibility index (Phi) is 4.74. The van der Waals surface area contributed by atoms with Crippen LogP contribution in [0.5, 0.6) is 0 Å². The zero-order chi connectivity index (χ0) is 21.4. The van der Waals surface area contributed by atoms with Crippen LogP contribution in [-0.4, -0.2) is 28.3 Å². The van der Waals surface area contributed by atoms with Crippen molar-refractivity contribution in [2.45, 2.75) is 25.3 Å². The molecular formula is C23H21N5O3. The largest absolute Gasteiger partial charge is 0.338 e. The van der Waals surface area contributed by atoms with Crippen LogP contribution in [0.15, 0.2) is 59.4 Å². The molecule has 0 spiro atoms. The number of para-hydroxylation sites is 1. The lowest BCUT2D eigenvalue weighted by Gasteiger charge is -2.30. The monoisotopic (exact) mass is 415 g/mol. The summed E-state index contributed by atoms with van der Waals surface area (Å²) in [6.07, 6.45) is 0.734. The Balaban J connectivity index is 1.46. The number of fused-ring (bicyclic) bond motifs is 2. The van der Waals surface area contributed by atoms with Gasteiger partial charge in [-0.15, -0.1) is 0 Å². The highest BCUT2D eigenvalue weighted by atomic mass is 16.2. The molecule has 0 unspecified atom stereocenters. The topological polar surface area (TPSA) is 107 Å². The molecule has 3 N–H and O–H groups in total. The maximum Gasteiger partial charge on any atom is 0.258 e. The highest BCUT2D eigenvalue weighted by Gasteiger charge is 2.35. The molecule has 2 aliphatic heterocycles. The third-order valence-electron chi connectivity index (χ3n) is 5.73. The molecule has 156 valence electrons. The van der Waals surface area contributed by atoms with Crippen LogP contribution in [0.25, 0.3) is 0 Å². The van der Waals surface area contributed by atoms with E-state index < -0.39 is 17.4 Å². The van der Waals surface area contributed by atoms with Gasteiger partial charge in [0.25, 0.3) is 5.56 Å². The van der Waals surface area contributed by atoms with Crippen molar-refractivity contribution in [3.05, 3.63) is 81.6 Å². The molecule has 1 atom stereocenters. The highest BCUT2D eigenvalue weighted by Crippen LogP contribution is 2.31. The molecule has 0 saturated heterocycles. The molecule has 1 aromatic heterocycles. The Morgan fingerprint density at radius 1 is 1.03 bits per heavy atom. The molecule has 0 aliphatic carbocycles. The van der Waals surface area contributed by atoms with E-state index in [4.69, 9.17) is 0 Å². The fraction of sp³-hybridized carbons (Fsp3) is 0.217. The first-order valence-corrected chi connectivity index (χ1v) is 10.2. The summed E-state index contributed by atoms with van der Waals surface area (Å²) in [5.74, 6) is -1.11. The van der Waals surface area contributed by atoms with E-state index in [2.05, 4.69) is 32.7 Å². The van der Waals surface area contributed by atoms with Crippen molar-refractivity contribution in [3.63, 3.8) is 0 Å². The third-order valence-corrected chi connectivity index (χ3v) is 5.73. The molecule has 3 aromatic rings. The first-order valence-electron chi connectivity index (χ1n) is 10.2. The van der Waals surface area contributed by atoms with Crippen LogP contribution in [0.3, 0.4) is 0 Å². The van der Waals surface area contributed by atoms with E-state index in [1.165, 1.54) is 11.1 Å². The van der Waals surface area contributed by atoms with Gasteiger partial charge in [-0.1, -0.05) is 42.5 Å². The van der Waals surface area contributed by atoms with Crippen molar-refractivity contribution in [1.82, 2.24) is 9.97 Å². The van der Waals surface area contributed by atoms with E-state index >= 15 is 0 Å². The van der Waals surface area contributed by atoms with Gasteiger partial charge in [0, 0.05) is 25.2 Å². The fourth-order valence-electron chi connectivity index (χ4n) is 4.16. The predicted molar refractivity (Wildman–Crippen MR) is 117 cm³/mol. The van der Waals surface area contributed by atoms with Gasteiger partial charge in [-0.3, -0.25) is 19.4 Å². The highest BCUT2D eigenvalue weighted by molar-refractivity contribution is 6.04. The molecule has 31 heavy (non-hydrogen) atoms. The molecule has 2 aliphatic rings. The zero-order valence-electron chi connectivity index (χ0n) is 16.7. The van der Waals surface area contributed by atoms with Crippen LogP contribution in [0.1, 0.15) is 29.0 Å². The van der Waals surface area contributed by atoms with Crippen molar-refractivity contribution < 1.29 is 9.59 Å². The number of rotatable bonds is 3. The van der Waals surface area contributed by atoms with Gasteiger partial charge in [0.05, 0.1) is 11.5 Å². The molecular weight excluding hydrogens is 394 g/mol. The van der Waals surface area contributed by atoms with Gasteiger partial charge >= 0.3 is 0 Å². The summed E-state index contributed by atoms with van der Waals surface area (Å²) in [6, 6.07) is 17.1. The maximum absolute atomic E-state index is 13.0. The average Bonchev–Trinajstić information content (AvgIpc) is 2.78. The lowest BCUT2D eigenvalue weighted by molar-refractivity contribution is -0.123. The van der Waals surface area contributed by atoms with Gasteiger partial charge in [-0.05, 0) is 29.7 Å². The second-order valence-electron chi connectivity index (χ2n) is 7.75. The number of anilines is 3. The fourth-order valence-corrected chi connectivity index (χ4v) is 4.16. The summed E-state index contributed by atoms with van der Waals surface area (Å²) in [5, 5.41) is 5.45. The number of H-pyrrole nitrogens is 1. The first-order chi connectivity index (χ1) is 15.1. The molecule has 5 rings (SSSR count). The minimum absolute atomic E-state index is 0.104. The van der Waals surface area contributed by atoms with Crippen LogP contribution in [0.4, 0.5) is 17.5 Å². The van der Waals surface area contributed by atoms with E-state index in [9.17, 15) is 14.4 Å². The van der Waals surface area contributed by atoms with Crippen molar-refractivity contribution in [2.75, 3.05) is 22.1 Å². The number of hydrogen-bond donors (Lipinski definition) is 3. The van der Waals surface area contributed by atoms with Gasteiger partial charge in [-0.25, -0.2) is 0 Å². The number of benzene rings is 2. The standard InChI is InChI=1S/C23H21N5O3/c29-18-12-17(21(30)24-16-8-2-1-3-9-16)19-20(25-18)26-23(27-22(19)31)28-11-10-14-6-4-5-7-15(14)13-28/h1-9,17H,10-13H2,(H,24,30)(H2,25,26,27,29,31)/t17-/m1/s1. The molecule has 0 bridgehead atoms. The van der Waals surface area contributed by atoms with E-state index in [0.717, 1.165) is 6.42 Å². The smallest absolute Gasteiger partial charge is 0.258 e. The van der Waals surface area contributed by atoms with Crippen molar-refractivity contribution in [3.8, 4) is 0 Å². The number of amides is 2. The lowest BCUT2D eigenvalue weighted by atomic mass is 9.92. The Morgan fingerprint density at radius 2 is 1.77 bits per heavy atom. The van der Waals surface area contributed by atoms with Crippen molar-refractivity contribution in [1.29, 1.82) is 0 Å². The molecule has 2 amide bonds. The predicted octanol–water partition coefficient (Wildman–Crippen LogP) is 2.40. The number of aromatic amines is 1. The Morgan fingerprint density at radius 3 is 2.58 bits per heavy atom. The molecule has 0 fully saturated rings. The summed E-state index contributed by atoms with van der Waals surface area (Å²) >= 11 is 0. The summed E-state index contributed by atoms with van der Waals surface area (Å²) in [7, 11) is 0. The maximum atomic E-state index is 13.0. The van der Waals surface area contributed by atoms with Crippen LogP contribution in [-0.2, 0) is 22.6 Å². The summed E-state index contributed by atoms with van der Waals surface area (Å²) in [5.41, 5.74) is 2.84. The number of aromatic nitrogens is 2. The number of hydrogen-bond acceptors (Lipinski definition) is 5. The number of nitrogens with zero attached hydrogens (tertiary/aromatic N) is 2. The molecule has 0 radical (unpaired) electrons. The van der Waals surface area contributed by atoms with E-state index in [1.54, 1.807) is 24.3 Å². The van der Waals surface area contributed by atoms with Crippen LogP contribution in [0.2, 0.25) is 0 Å². The van der Waals surface area contributed by atoms with Crippen LogP contribution >= 0.6 is 0 Å². The minimum Gasteiger partial charge on any atom is -0.338 e. The van der Waals surface area contributed by atoms with Crippen molar-refractivity contribution in [2.24, 2.45) is 0 Å². The zero-order valence-corrected chi connectivity index (χ0v) is 16.7. The van der Waals surface area contributed by atoms with E-state index in [1.807, 2.05) is 23.1 Å². The van der Waals surface area contributed by atoms with Gasteiger partial charge in [0.2, 0.25) is 17.8 Å². The molecule has 0 saturated carbocycles. The molecule has 2 aromatic carbocycles. The third kappa shape index (κ3) is 3.68. The van der Waals surface area contributed by atoms with Gasteiger partial charge < -0.3 is 15.5 Å². The van der Waals surface area contributed by atoms with Gasteiger partial charge in [-0.2, -0.15) is 4.98 Å². The molecule has 8 heteroatoms. The molecule has 3 heterocycles. The Bertz CT molecular complexity index is 1220. The van der Waals surface area contributed by atoms with Crippen LogP contribution < -0.4 is 21.1 Å². The second kappa shape index (κ2) is 7.71. The van der Waals surface area contributed by atoms with Gasteiger partial charge in [0.1, 0.15) is 5.82 Å². The van der Waals surface area contributed by atoms with Gasteiger partial charge in [0.15, 0.2) is 0 Å². The summed E-state index contributed by atoms with van der Waals surface area (Å²) < 4.78 is 0. The summed E-state index contributed by atoms with van der Waals surface area (Å²) in [4.78, 5) is 47.5. The second-order valence-corrected chi connectivity index (χ2v) is 7.75. The summed E-state index contributed by atoms with van der Waals surface area (Å²) in [6.45, 7) is 1.31. The number of nitrogens with one attached hydrogen (secondary N) is 3. The SMILES string of the molecule is O=C1C[C@@H](C(=O)Nc2ccccc2)c2c(nc(N3CCc4ccccc4C3)[nH]c2=O)N1. The Hall–Kier alpha value is -3.94. The number of carbonyl (C=O) groups excluding carboxylic acids is 2. The normalized spacial score (nSPS) is 17.4. The number of carbonyl (C=O) groups is 2. The quantitative estimate of drug-likeness (QED) is 0.609. The minimum atomic E-state index is -0.906. The van der Waals surface area contributed by atoms with E-state index in [0.29, 0.717) is 24.7 Å². The lowest BCUT2D eigenvalue weighted by Crippen LogP contribution is -2.38. The van der Waals surface area contributed by atoms with Crippen molar-refractivity contribution >= 4 is 29.3 Å². The average molecular weight is 415 g/mol. The van der Waals surface area contributed by atoms with Crippen LogP contribution in [0, 0.1) is 0 Å². The molecule has 8 nitrogen and oxygen atoms in total. The van der Waals surface area contributed by atoms with E-state index in [-0.39, 0.29) is 23.7 Å². The Labute approximate surface area is 178 Å².